The maximum atomic E-state index is 11.7. The van der Waals surface area contributed by atoms with Crippen LogP contribution in [0.15, 0.2) is 15.7 Å². The van der Waals surface area contributed by atoms with Crippen molar-refractivity contribution in [1.82, 2.24) is 19.8 Å². The van der Waals surface area contributed by atoms with Crippen LogP contribution in [0.3, 0.4) is 0 Å². The molecular weight excluding hydrogens is 236 g/mol. The Bertz CT molecular complexity index is 558. The minimum atomic E-state index is -0.394. The van der Waals surface area contributed by atoms with E-state index in [1.165, 1.54) is 17.7 Å². The number of nitrogens with one attached hydrogen (secondary N) is 2. The summed E-state index contributed by atoms with van der Waals surface area (Å²) in [6.45, 7) is 1.98. The summed E-state index contributed by atoms with van der Waals surface area (Å²) in [5, 5.41) is 5.46. The lowest BCUT2D eigenvalue weighted by atomic mass is 10.3. The predicted octanol–water partition coefficient (Wildman–Crippen LogP) is -1.69. The first kappa shape index (κ1) is 14.2. The highest BCUT2D eigenvalue weighted by Crippen LogP contribution is 1.92. The van der Waals surface area contributed by atoms with E-state index in [0.717, 1.165) is 4.57 Å². The van der Waals surface area contributed by atoms with Gasteiger partial charge in [0.25, 0.3) is 5.56 Å². The molecule has 0 spiro atoms. The van der Waals surface area contributed by atoms with E-state index in [-0.39, 0.29) is 23.7 Å². The van der Waals surface area contributed by atoms with Gasteiger partial charge in [-0.15, -0.1) is 0 Å². The smallest absolute Gasteiger partial charge is 0.330 e. The average Bonchev–Trinajstić information content (AvgIpc) is 2.37. The number of hydrogen-bond donors (Lipinski definition) is 2. The lowest BCUT2D eigenvalue weighted by molar-refractivity contribution is -0.122. The quantitative estimate of drug-likeness (QED) is 0.671. The van der Waals surface area contributed by atoms with Crippen LogP contribution in [0.4, 0.5) is 0 Å². The van der Waals surface area contributed by atoms with Crippen molar-refractivity contribution in [2.75, 3.05) is 7.05 Å². The first-order chi connectivity index (χ1) is 8.38. The van der Waals surface area contributed by atoms with Gasteiger partial charge in [-0.3, -0.25) is 18.7 Å². The zero-order chi connectivity index (χ0) is 13.9. The molecule has 7 nitrogen and oxygen atoms in total. The Morgan fingerprint density at radius 1 is 1.33 bits per heavy atom. The minimum absolute atomic E-state index is 0.149. The molecule has 1 rings (SSSR count). The van der Waals surface area contributed by atoms with E-state index in [0.29, 0.717) is 5.69 Å². The molecular formula is C11H18N4O3. The minimum Gasteiger partial charge on any atom is -0.358 e. The number of carbonyl (C=O) groups is 1. The van der Waals surface area contributed by atoms with Crippen LogP contribution < -0.4 is 21.9 Å². The molecule has 0 aliphatic rings. The third kappa shape index (κ3) is 2.86. The van der Waals surface area contributed by atoms with Crippen molar-refractivity contribution in [3.8, 4) is 0 Å². The van der Waals surface area contributed by atoms with E-state index in [1.54, 1.807) is 21.0 Å². The van der Waals surface area contributed by atoms with Crippen LogP contribution in [-0.4, -0.2) is 28.1 Å². The highest BCUT2D eigenvalue weighted by Gasteiger charge is 2.11. The Hall–Kier alpha value is -1.89. The SMILES string of the molecule is CNC(=O)C(C)NCc1cc(=O)n(C)c(=O)n1C. The number of nitrogens with zero attached hydrogens (tertiary/aromatic N) is 2. The summed E-state index contributed by atoms with van der Waals surface area (Å²) in [5.41, 5.74) is -0.201. The van der Waals surface area contributed by atoms with E-state index in [2.05, 4.69) is 10.6 Å². The van der Waals surface area contributed by atoms with Crippen molar-refractivity contribution in [2.45, 2.75) is 19.5 Å². The molecule has 1 aromatic heterocycles. The molecule has 0 aromatic carbocycles. The third-order valence-electron chi connectivity index (χ3n) is 2.85. The molecule has 0 bridgehead atoms. The normalized spacial score (nSPS) is 12.2. The lowest BCUT2D eigenvalue weighted by Crippen LogP contribution is -2.43. The van der Waals surface area contributed by atoms with Gasteiger partial charge in [-0.25, -0.2) is 4.79 Å². The average molecular weight is 254 g/mol. The van der Waals surface area contributed by atoms with Gasteiger partial charge in [0.1, 0.15) is 0 Å². The van der Waals surface area contributed by atoms with Gasteiger partial charge in [0.05, 0.1) is 6.04 Å². The summed E-state index contributed by atoms with van der Waals surface area (Å²) in [7, 11) is 4.56. The van der Waals surface area contributed by atoms with E-state index in [4.69, 9.17) is 0 Å². The van der Waals surface area contributed by atoms with Crippen LogP contribution in [0.5, 0.6) is 0 Å². The van der Waals surface area contributed by atoms with E-state index in [9.17, 15) is 14.4 Å². The molecule has 1 aromatic rings. The Kier molecular flexibility index (Phi) is 4.43. The maximum absolute atomic E-state index is 11.7. The fourth-order valence-corrected chi connectivity index (χ4v) is 1.51. The van der Waals surface area contributed by atoms with Gasteiger partial charge >= 0.3 is 5.69 Å². The summed E-state index contributed by atoms with van der Waals surface area (Å²) < 4.78 is 2.41. The molecule has 0 aliphatic carbocycles. The van der Waals surface area contributed by atoms with E-state index >= 15 is 0 Å². The standard InChI is InChI=1S/C11H18N4O3/c1-7(10(17)12-2)13-6-8-5-9(16)15(4)11(18)14(8)3/h5,7,13H,6H2,1-4H3,(H,12,17). The summed E-state index contributed by atoms with van der Waals surface area (Å²) in [6, 6.07) is 0.986. The molecule has 1 heterocycles. The van der Waals surface area contributed by atoms with Gasteiger partial charge in [-0.1, -0.05) is 0 Å². The summed E-state index contributed by atoms with van der Waals surface area (Å²) >= 11 is 0. The van der Waals surface area contributed by atoms with Crippen molar-refractivity contribution in [1.29, 1.82) is 0 Å². The van der Waals surface area contributed by atoms with E-state index < -0.39 is 6.04 Å². The molecule has 0 saturated heterocycles. The highest BCUT2D eigenvalue weighted by atomic mass is 16.2. The van der Waals surface area contributed by atoms with Crippen LogP contribution in [0.1, 0.15) is 12.6 Å². The molecule has 1 atom stereocenters. The Balaban J connectivity index is 2.90. The van der Waals surface area contributed by atoms with Crippen molar-refractivity contribution in [2.24, 2.45) is 14.1 Å². The zero-order valence-corrected chi connectivity index (χ0v) is 11.0. The molecule has 0 fully saturated rings. The van der Waals surface area contributed by atoms with Gasteiger partial charge in [-0.05, 0) is 6.92 Å². The molecule has 7 heteroatoms. The molecule has 2 N–H and O–H groups in total. The van der Waals surface area contributed by atoms with Gasteiger partial charge < -0.3 is 10.6 Å². The molecule has 1 amide bonds. The van der Waals surface area contributed by atoms with Gasteiger partial charge in [0.15, 0.2) is 0 Å². The number of amides is 1. The summed E-state index contributed by atoms with van der Waals surface area (Å²) in [6.07, 6.45) is 0. The maximum Gasteiger partial charge on any atom is 0.330 e. The largest absolute Gasteiger partial charge is 0.358 e. The second-order valence-corrected chi connectivity index (χ2v) is 4.09. The Morgan fingerprint density at radius 3 is 2.50 bits per heavy atom. The molecule has 100 valence electrons. The number of likely N-dealkylation sites (N-methyl/N-ethyl adjacent to an activating group) is 1. The van der Waals surface area contributed by atoms with Gasteiger partial charge in [0.2, 0.25) is 5.91 Å². The topological polar surface area (TPSA) is 85.1 Å². The fraction of sp³-hybridized carbons (Fsp3) is 0.545. The van der Waals surface area contributed by atoms with Crippen LogP contribution in [0.25, 0.3) is 0 Å². The van der Waals surface area contributed by atoms with Crippen LogP contribution >= 0.6 is 0 Å². The molecule has 18 heavy (non-hydrogen) atoms. The third-order valence-corrected chi connectivity index (χ3v) is 2.85. The molecule has 0 radical (unpaired) electrons. The van der Waals surface area contributed by atoms with Crippen LogP contribution in [0, 0.1) is 0 Å². The first-order valence-corrected chi connectivity index (χ1v) is 5.59. The highest BCUT2D eigenvalue weighted by molar-refractivity contribution is 5.80. The second-order valence-electron chi connectivity index (χ2n) is 4.09. The number of rotatable bonds is 4. The Labute approximate surface area is 104 Å². The van der Waals surface area contributed by atoms with Gasteiger partial charge in [-0.2, -0.15) is 0 Å². The summed E-state index contributed by atoms with van der Waals surface area (Å²) in [4.78, 5) is 34.5. The second kappa shape index (κ2) is 5.63. The molecule has 0 saturated carbocycles. The van der Waals surface area contributed by atoms with Crippen LogP contribution in [-0.2, 0) is 25.4 Å². The molecule has 1 unspecified atom stereocenters. The van der Waals surface area contributed by atoms with Crippen LogP contribution in [0.2, 0.25) is 0 Å². The monoisotopic (exact) mass is 254 g/mol. The first-order valence-electron chi connectivity index (χ1n) is 5.59. The van der Waals surface area contributed by atoms with E-state index in [1.807, 2.05) is 0 Å². The number of carbonyl (C=O) groups excluding carboxylic acids is 1. The van der Waals surface area contributed by atoms with Crippen molar-refractivity contribution in [3.63, 3.8) is 0 Å². The lowest BCUT2D eigenvalue weighted by Gasteiger charge is -2.14. The fourth-order valence-electron chi connectivity index (χ4n) is 1.51. The van der Waals surface area contributed by atoms with Gasteiger partial charge in [0, 0.05) is 39.4 Å². The number of hydrogen-bond acceptors (Lipinski definition) is 4. The van der Waals surface area contributed by atoms with Crippen molar-refractivity contribution < 1.29 is 4.79 Å². The summed E-state index contributed by atoms with van der Waals surface area (Å²) in [5.74, 6) is -0.149. The zero-order valence-electron chi connectivity index (χ0n) is 11.0. The Morgan fingerprint density at radius 2 is 1.94 bits per heavy atom. The number of aromatic nitrogens is 2. The van der Waals surface area contributed by atoms with Crippen molar-refractivity contribution in [3.05, 3.63) is 32.6 Å². The molecule has 0 aliphatic heterocycles. The predicted molar refractivity (Wildman–Crippen MR) is 67.3 cm³/mol. The van der Waals surface area contributed by atoms with Crippen molar-refractivity contribution >= 4 is 5.91 Å².